The highest BCUT2D eigenvalue weighted by molar-refractivity contribution is 5.08. The van der Waals surface area contributed by atoms with Crippen LogP contribution in [0.5, 0.6) is 0 Å². The van der Waals surface area contributed by atoms with Crippen LogP contribution in [0.25, 0.3) is 0 Å². The van der Waals surface area contributed by atoms with Crippen molar-refractivity contribution < 1.29 is 0 Å². The molecule has 0 amide bonds. The molecule has 20 heavy (non-hydrogen) atoms. The molecule has 0 saturated carbocycles. The van der Waals surface area contributed by atoms with Crippen molar-refractivity contribution in [3.05, 3.63) is 18.2 Å². The molecule has 1 aliphatic heterocycles. The average molecular weight is 279 g/mol. The molecule has 3 N–H and O–H groups in total. The lowest BCUT2D eigenvalue weighted by molar-refractivity contribution is 0.0787. The highest BCUT2D eigenvalue weighted by Crippen LogP contribution is 2.31. The van der Waals surface area contributed by atoms with Crippen LogP contribution in [0.2, 0.25) is 0 Å². The van der Waals surface area contributed by atoms with E-state index >= 15 is 0 Å². The molecule has 0 radical (unpaired) electrons. The van der Waals surface area contributed by atoms with E-state index in [1.54, 1.807) is 0 Å². The summed E-state index contributed by atoms with van der Waals surface area (Å²) in [4.78, 5) is 7.11. The number of nitrogens with two attached hydrogens (primary N) is 1. The molecular weight excluding hydrogens is 250 g/mol. The number of aryl methyl sites for hydroxylation is 1. The minimum atomic E-state index is -0.0443. The summed E-state index contributed by atoms with van der Waals surface area (Å²) in [5.74, 6) is 6.92. The van der Waals surface area contributed by atoms with Gasteiger partial charge in [-0.05, 0) is 46.7 Å². The minimum absolute atomic E-state index is 0.0375. The van der Waals surface area contributed by atoms with Crippen LogP contribution in [-0.2, 0) is 6.54 Å². The van der Waals surface area contributed by atoms with Gasteiger partial charge in [0.25, 0.3) is 0 Å². The van der Waals surface area contributed by atoms with Gasteiger partial charge in [0.15, 0.2) is 0 Å². The van der Waals surface area contributed by atoms with Crippen molar-refractivity contribution in [2.24, 2.45) is 5.84 Å². The maximum Gasteiger partial charge on any atom is 0.129 e. The summed E-state index contributed by atoms with van der Waals surface area (Å²) in [5.41, 5.74) is 2.97. The van der Waals surface area contributed by atoms with Crippen molar-refractivity contribution in [2.75, 3.05) is 13.1 Å². The third-order valence-corrected chi connectivity index (χ3v) is 4.64. The summed E-state index contributed by atoms with van der Waals surface area (Å²) in [6.45, 7) is 9.91. The Kier molecular flexibility index (Phi) is 5.18. The fourth-order valence-electron chi connectivity index (χ4n) is 3.27. The van der Waals surface area contributed by atoms with E-state index in [4.69, 9.17) is 5.84 Å². The molecule has 5 nitrogen and oxygen atoms in total. The van der Waals surface area contributed by atoms with Crippen LogP contribution < -0.4 is 11.3 Å². The molecule has 2 rings (SSSR count). The molecule has 2 heterocycles. The lowest BCUT2D eigenvalue weighted by Gasteiger charge is -2.43. The van der Waals surface area contributed by atoms with Crippen molar-refractivity contribution in [1.29, 1.82) is 0 Å². The highest BCUT2D eigenvalue weighted by Gasteiger charge is 2.38. The van der Waals surface area contributed by atoms with Crippen molar-refractivity contribution >= 4 is 0 Å². The molecule has 1 aromatic heterocycles. The number of hydrogen-bond acceptors (Lipinski definition) is 4. The average Bonchev–Trinajstić information content (AvgIpc) is 2.72. The summed E-state index contributed by atoms with van der Waals surface area (Å²) < 4.78 is 2.17. The van der Waals surface area contributed by atoms with Crippen molar-refractivity contribution in [1.82, 2.24) is 19.9 Å². The second-order valence-corrected chi connectivity index (χ2v) is 6.23. The van der Waals surface area contributed by atoms with Gasteiger partial charge in [-0.2, -0.15) is 0 Å². The molecule has 1 atom stereocenters. The van der Waals surface area contributed by atoms with Gasteiger partial charge in [0, 0.05) is 24.5 Å². The summed E-state index contributed by atoms with van der Waals surface area (Å²) in [7, 11) is 0. The number of nitrogens with zero attached hydrogens (tertiary/aromatic N) is 3. The van der Waals surface area contributed by atoms with E-state index in [1.165, 1.54) is 25.7 Å². The van der Waals surface area contributed by atoms with Gasteiger partial charge in [0.2, 0.25) is 0 Å². The van der Waals surface area contributed by atoms with Gasteiger partial charge in [-0.3, -0.25) is 10.7 Å². The molecule has 0 bridgehead atoms. The zero-order valence-corrected chi connectivity index (χ0v) is 13.1. The fourth-order valence-corrected chi connectivity index (χ4v) is 3.27. The highest BCUT2D eigenvalue weighted by atomic mass is 15.3. The Hall–Kier alpha value is -0.910. The van der Waals surface area contributed by atoms with Gasteiger partial charge in [0.05, 0.1) is 6.04 Å². The Balaban J connectivity index is 2.24. The lowest BCUT2D eigenvalue weighted by Crippen LogP contribution is -2.55. The topological polar surface area (TPSA) is 59.1 Å². The molecule has 1 saturated heterocycles. The molecule has 114 valence electrons. The Bertz CT molecular complexity index is 404. The van der Waals surface area contributed by atoms with Gasteiger partial charge >= 0.3 is 0 Å². The standard InChI is InChI=1S/C15H29N5/c1-4-19-12-9-17-14(19)13(18-16)15(2,3)20-10-7-5-6-8-11-20/h9,12-13,18H,4-8,10-11,16H2,1-3H3. The third-order valence-electron chi connectivity index (χ3n) is 4.64. The van der Waals surface area contributed by atoms with E-state index in [0.717, 1.165) is 25.5 Å². The molecule has 5 heteroatoms. The second kappa shape index (κ2) is 6.70. The molecule has 0 aliphatic carbocycles. The van der Waals surface area contributed by atoms with E-state index in [-0.39, 0.29) is 11.6 Å². The first-order valence-corrected chi connectivity index (χ1v) is 7.83. The fraction of sp³-hybridized carbons (Fsp3) is 0.800. The summed E-state index contributed by atoms with van der Waals surface area (Å²) >= 11 is 0. The number of imidazole rings is 1. The van der Waals surface area contributed by atoms with E-state index in [1.807, 2.05) is 12.4 Å². The minimum Gasteiger partial charge on any atom is -0.334 e. The number of aromatic nitrogens is 2. The van der Waals surface area contributed by atoms with Crippen LogP contribution in [0.3, 0.4) is 0 Å². The molecular formula is C15H29N5. The predicted molar refractivity (Wildman–Crippen MR) is 82.1 cm³/mol. The van der Waals surface area contributed by atoms with Crippen molar-refractivity contribution in [3.63, 3.8) is 0 Å². The van der Waals surface area contributed by atoms with Gasteiger partial charge in [0.1, 0.15) is 5.82 Å². The van der Waals surface area contributed by atoms with Gasteiger partial charge in [-0.15, -0.1) is 0 Å². The third kappa shape index (κ3) is 3.05. The molecule has 0 aromatic carbocycles. The van der Waals surface area contributed by atoms with Crippen LogP contribution >= 0.6 is 0 Å². The number of nitrogens with one attached hydrogen (secondary N) is 1. The number of likely N-dealkylation sites (tertiary alicyclic amines) is 1. The summed E-state index contributed by atoms with van der Waals surface area (Å²) in [5, 5.41) is 0. The van der Waals surface area contributed by atoms with E-state index in [2.05, 4.69) is 40.6 Å². The summed E-state index contributed by atoms with van der Waals surface area (Å²) in [6.07, 6.45) is 9.14. The Morgan fingerprint density at radius 3 is 2.50 bits per heavy atom. The monoisotopic (exact) mass is 279 g/mol. The first-order valence-electron chi connectivity index (χ1n) is 7.83. The molecule has 1 aliphatic rings. The van der Waals surface area contributed by atoms with E-state index in [0.29, 0.717) is 0 Å². The molecule has 0 spiro atoms. The smallest absolute Gasteiger partial charge is 0.129 e. The normalized spacial score (nSPS) is 19.8. The first-order chi connectivity index (χ1) is 9.61. The Morgan fingerprint density at radius 1 is 1.30 bits per heavy atom. The zero-order chi connectivity index (χ0) is 14.6. The zero-order valence-electron chi connectivity index (χ0n) is 13.1. The van der Waals surface area contributed by atoms with Crippen LogP contribution in [0.15, 0.2) is 12.4 Å². The van der Waals surface area contributed by atoms with Gasteiger partial charge < -0.3 is 4.57 Å². The van der Waals surface area contributed by atoms with Crippen LogP contribution in [0.4, 0.5) is 0 Å². The lowest BCUT2D eigenvalue weighted by atomic mass is 9.91. The van der Waals surface area contributed by atoms with E-state index < -0.39 is 0 Å². The van der Waals surface area contributed by atoms with Crippen LogP contribution in [0, 0.1) is 0 Å². The van der Waals surface area contributed by atoms with Crippen LogP contribution in [-0.4, -0.2) is 33.1 Å². The second-order valence-electron chi connectivity index (χ2n) is 6.23. The largest absolute Gasteiger partial charge is 0.334 e. The number of hydrazine groups is 1. The number of hydrogen-bond donors (Lipinski definition) is 2. The van der Waals surface area contributed by atoms with Crippen molar-refractivity contribution in [2.45, 2.75) is 64.6 Å². The van der Waals surface area contributed by atoms with Gasteiger partial charge in [-0.25, -0.2) is 10.4 Å². The van der Waals surface area contributed by atoms with Gasteiger partial charge in [-0.1, -0.05) is 12.8 Å². The molecule has 1 fully saturated rings. The SMILES string of the molecule is CCn1ccnc1C(NN)C(C)(C)N1CCCCCC1. The molecule has 1 aromatic rings. The Labute approximate surface area is 122 Å². The quantitative estimate of drug-likeness (QED) is 0.640. The van der Waals surface area contributed by atoms with Crippen LogP contribution in [0.1, 0.15) is 58.3 Å². The Morgan fingerprint density at radius 2 is 1.95 bits per heavy atom. The molecule has 1 unspecified atom stereocenters. The van der Waals surface area contributed by atoms with Crippen molar-refractivity contribution in [3.8, 4) is 0 Å². The summed E-state index contributed by atoms with van der Waals surface area (Å²) in [6, 6.07) is 0.0375. The van der Waals surface area contributed by atoms with E-state index in [9.17, 15) is 0 Å². The maximum atomic E-state index is 5.89. The first kappa shape index (κ1) is 15.5. The predicted octanol–water partition coefficient (Wildman–Crippen LogP) is 2.06. The maximum absolute atomic E-state index is 5.89. The number of rotatable bonds is 5.